The van der Waals surface area contributed by atoms with Crippen LogP contribution in [0.25, 0.3) is 0 Å². The third-order valence-electron chi connectivity index (χ3n) is 1.79. The van der Waals surface area contributed by atoms with Crippen molar-refractivity contribution in [2.24, 2.45) is 5.73 Å². The standard InChI is InChI=1S/C11H20N2S2/c1-8(2)10-13-9(6-15-10)5-14-7-11(3,4)12/h6,8H,5,7,12H2,1-4H3. The minimum atomic E-state index is -0.0818. The van der Waals surface area contributed by atoms with Crippen LogP contribution in [0.4, 0.5) is 0 Å². The lowest BCUT2D eigenvalue weighted by Gasteiger charge is -2.16. The van der Waals surface area contributed by atoms with Crippen molar-refractivity contribution < 1.29 is 0 Å². The molecule has 0 saturated heterocycles. The van der Waals surface area contributed by atoms with Gasteiger partial charge in [-0.1, -0.05) is 13.8 Å². The highest BCUT2D eigenvalue weighted by Crippen LogP contribution is 2.22. The smallest absolute Gasteiger partial charge is 0.0954 e. The minimum absolute atomic E-state index is 0.0818. The Hall–Kier alpha value is -0.0600. The molecule has 1 aromatic rings. The summed E-state index contributed by atoms with van der Waals surface area (Å²) >= 11 is 3.62. The lowest BCUT2D eigenvalue weighted by Crippen LogP contribution is -2.34. The van der Waals surface area contributed by atoms with Crippen LogP contribution in [0.3, 0.4) is 0 Å². The van der Waals surface area contributed by atoms with Gasteiger partial charge < -0.3 is 5.73 Å². The summed E-state index contributed by atoms with van der Waals surface area (Å²) in [5.41, 5.74) is 7.03. The van der Waals surface area contributed by atoms with E-state index >= 15 is 0 Å². The molecule has 0 saturated carbocycles. The van der Waals surface area contributed by atoms with Crippen molar-refractivity contribution in [3.63, 3.8) is 0 Å². The Labute approximate surface area is 101 Å². The number of hydrogen-bond donors (Lipinski definition) is 1. The van der Waals surface area contributed by atoms with Gasteiger partial charge in [-0.3, -0.25) is 0 Å². The molecule has 1 aromatic heterocycles. The summed E-state index contributed by atoms with van der Waals surface area (Å²) in [6.07, 6.45) is 0. The second kappa shape index (κ2) is 5.32. The van der Waals surface area contributed by atoms with E-state index in [0.29, 0.717) is 5.92 Å². The molecule has 2 N–H and O–H groups in total. The molecule has 0 aliphatic rings. The van der Waals surface area contributed by atoms with Gasteiger partial charge in [0.2, 0.25) is 0 Å². The Kier molecular flexibility index (Phi) is 4.62. The molecular formula is C11H20N2S2. The fraction of sp³-hybridized carbons (Fsp3) is 0.727. The SMILES string of the molecule is CC(C)c1nc(CSCC(C)(C)N)cs1. The van der Waals surface area contributed by atoms with Gasteiger partial charge >= 0.3 is 0 Å². The van der Waals surface area contributed by atoms with Gasteiger partial charge in [0, 0.05) is 28.3 Å². The summed E-state index contributed by atoms with van der Waals surface area (Å²) in [6, 6.07) is 0. The van der Waals surface area contributed by atoms with Crippen LogP contribution < -0.4 is 5.73 Å². The Morgan fingerprint density at radius 3 is 2.67 bits per heavy atom. The Morgan fingerprint density at radius 1 is 1.53 bits per heavy atom. The average Bonchev–Trinajstić information content (AvgIpc) is 2.50. The van der Waals surface area contributed by atoms with E-state index in [2.05, 4.69) is 38.1 Å². The third kappa shape index (κ3) is 5.00. The first kappa shape index (κ1) is 13.0. The minimum Gasteiger partial charge on any atom is -0.325 e. The van der Waals surface area contributed by atoms with Gasteiger partial charge in [0.15, 0.2) is 0 Å². The highest BCUT2D eigenvalue weighted by Gasteiger charge is 2.11. The second-order valence-corrected chi connectivity index (χ2v) is 6.69. The van der Waals surface area contributed by atoms with E-state index in [1.807, 2.05) is 11.8 Å². The van der Waals surface area contributed by atoms with E-state index in [1.165, 1.54) is 10.7 Å². The van der Waals surface area contributed by atoms with Crippen LogP contribution in [0.5, 0.6) is 0 Å². The van der Waals surface area contributed by atoms with Crippen molar-refractivity contribution in [3.05, 3.63) is 16.1 Å². The van der Waals surface area contributed by atoms with Crippen LogP contribution in [-0.4, -0.2) is 16.3 Å². The summed E-state index contributed by atoms with van der Waals surface area (Å²) in [5.74, 6) is 2.49. The van der Waals surface area contributed by atoms with Crippen LogP contribution in [0.2, 0.25) is 0 Å². The molecular weight excluding hydrogens is 224 g/mol. The molecule has 0 fully saturated rings. The summed E-state index contributed by atoms with van der Waals surface area (Å²) in [4.78, 5) is 4.59. The normalized spacial score (nSPS) is 12.4. The first-order valence-corrected chi connectivity index (χ1v) is 7.23. The Balaban J connectivity index is 2.38. The van der Waals surface area contributed by atoms with E-state index in [0.717, 1.165) is 11.5 Å². The van der Waals surface area contributed by atoms with Gasteiger partial charge in [0.05, 0.1) is 10.7 Å². The largest absolute Gasteiger partial charge is 0.325 e. The van der Waals surface area contributed by atoms with Crippen molar-refractivity contribution in [2.75, 3.05) is 5.75 Å². The number of nitrogens with zero attached hydrogens (tertiary/aromatic N) is 1. The zero-order chi connectivity index (χ0) is 11.5. The topological polar surface area (TPSA) is 38.9 Å². The number of thiazole rings is 1. The lowest BCUT2D eigenvalue weighted by atomic mass is 10.1. The molecule has 1 heterocycles. The molecule has 0 bridgehead atoms. The quantitative estimate of drug-likeness (QED) is 0.864. The number of hydrogen-bond acceptors (Lipinski definition) is 4. The molecule has 0 atom stereocenters. The Morgan fingerprint density at radius 2 is 2.20 bits per heavy atom. The maximum atomic E-state index is 5.91. The molecule has 4 heteroatoms. The highest BCUT2D eigenvalue weighted by atomic mass is 32.2. The lowest BCUT2D eigenvalue weighted by molar-refractivity contribution is 0.591. The van der Waals surface area contributed by atoms with Crippen LogP contribution >= 0.6 is 23.1 Å². The van der Waals surface area contributed by atoms with Crippen molar-refractivity contribution in [1.29, 1.82) is 0 Å². The highest BCUT2D eigenvalue weighted by molar-refractivity contribution is 7.98. The van der Waals surface area contributed by atoms with Gasteiger partial charge in [-0.2, -0.15) is 11.8 Å². The molecule has 0 aliphatic heterocycles. The van der Waals surface area contributed by atoms with Crippen molar-refractivity contribution in [2.45, 2.75) is 44.9 Å². The van der Waals surface area contributed by atoms with Crippen LogP contribution in [0.1, 0.15) is 44.3 Å². The van der Waals surface area contributed by atoms with Gasteiger partial charge in [0.1, 0.15) is 0 Å². The molecule has 1 rings (SSSR count). The van der Waals surface area contributed by atoms with Crippen molar-refractivity contribution in [1.82, 2.24) is 4.98 Å². The van der Waals surface area contributed by atoms with E-state index in [1.54, 1.807) is 11.3 Å². The fourth-order valence-corrected chi connectivity index (χ4v) is 3.00. The predicted octanol–water partition coefficient (Wildman–Crippen LogP) is 3.24. The van der Waals surface area contributed by atoms with Gasteiger partial charge in [0.25, 0.3) is 0 Å². The van der Waals surface area contributed by atoms with Crippen molar-refractivity contribution in [3.8, 4) is 0 Å². The monoisotopic (exact) mass is 244 g/mol. The van der Waals surface area contributed by atoms with E-state index in [9.17, 15) is 0 Å². The fourth-order valence-electron chi connectivity index (χ4n) is 1.07. The third-order valence-corrected chi connectivity index (χ3v) is 4.43. The van der Waals surface area contributed by atoms with Crippen LogP contribution in [0, 0.1) is 0 Å². The molecule has 86 valence electrons. The summed E-state index contributed by atoms with van der Waals surface area (Å²) < 4.78 is 0. The first-order valence-electron chi connectivity index (χ1n) is 5.19. The number of rotatable bonds is 5. The zero-order valence-corrected chi connectivity index (χ0v) is 11.5. The van der Waals surface area contributed by atoms with E-state index < -0.39 is 0 Å². The molecule has 0 aliphatic carbocycles. The first-order chi connectivity index (χ1) is 6.88. The summed E-state index contributed by atoms with van der Waals surface area (Å²) in [7, 11) is 0. The second-order valence-electron chi connectivity index (χ2n) is 4.81. The zero-order valence-electron chi connectivity index (χ0n) is 9.91. The summed E-state index contributed by atoms with van der Waals surface area (Å²) in [6.45, 7) is 8.47. The molecule has 0 amide bonds. The molecule has 0 radical (unpaired) electrons. The van der Waals surface area contributed by atoms with Crippen LogP contribution in [0.15, 0.2) is 5.38 Å². The number of nitrogens with two attached hydrogens (primary N) is 1. The van der Waals surface area contributed by atoms with Gasteiger partial charge in [-0.15, -0.1) is 11.3 Å². The Bertz CT molecular complexity index is 300. The molecule has 0 unspecified atom stereocenters. The maximum absolute atomic E-state index is 5.91. The molecule has 15 heavy (non-hydrogen) atoms. The number of thioether (sulfide) groups is 1. The maximum Gasteiger partial charge on any atom is 0.0954 e. The molecule has 2 nitrogen and oxygen atoms in total. The molecule has 0 spiro atoms. The van der Waals surface area contributed by atoms with Gasteiger partial charge in [-0.25, -0.2) is 4.98 Å². The summed E-state index contributed by atoms with van der Waals surface area (Å²) in [5, 5.41) is 3.39. The number of aromatic nitrogens is 1. The van der Waals surface area contributed by atoms with Crippen molar-refractivity contribution >= 4 is 23.1 Å². The molecule has 0 aromatic carbocycles. The predicted molar refractivity (Wildman–Crippen MR) is 70.6 cm³/mol. The average molecular weight is 244 g/mol. The van der Waals surface area contributed by atoms with Gasteiger partial charge in [-0.05, 0) is 13.8 Å². The van der Waals surface area contributed by atoms with E-state index in [-0.39, 0.29) is 5.54 Å². The van der Waals surface area contributed by atoms with Crippen LogP contribution in [-0.2, 0) is 5.75 Å². The van der Waals surface area contributed by atoms with E-state index in [4.69, 9.17) is 5.73 Å².